The topological polar surface area (TPSA) is 0 Å². The van der Waals surface area contributed by atoms with E-state index in [9.17, 15) is 17.6 Å². The zero-order valence-electron chi connectivity index (χ0n) is 4.09. The lowest BCUT2D eigenvalue weighted by Gasteiger charge is -1.82. The van der Waals surface area contributed by atoms with Gasteiger partial charge in [0.05, 0.1) is 0 Å². The van der Waals surface area contributed by atoms with Crippen molar-refractivity contribution in [3.8, 4) is 0 Å². The number of halogens is 4. The first-order chi connectivity index (χ1) is 4.13. The molecule has 1 rings (SSSR count). The van der Waals surface area contributed by atoms with Gasteiger partial charge in [0.25, 0.3) is 7.28 Å². The van der Waals surface area contributed by atoms with E-state index in [0.717, 1.165) is 0 Å². The van der Waals surface area contributed by atoms with Gasteiger partial charge in [-0.1, -0.05) is 0 Å². The molecular formula is C4BF4. The van der Waals surface area contributed by atoms with E-state index >= 15 is 0 Å². The molecule has 0 unspecified atom stereocenters. The molecule has 0 spiro atoms. The van der Waals surface area contributed by atoms with Crippen LogP contribution in [0.25, 0.3) is 0 Å². The highest BCUT2D eigenvalue weighted by Gasteiger charge is 2.26. The second-order valence-electron chi connectivity index (χ2n) is 1.47. The lowest BCUT2D eigenvalue weighted by atomic mass is 9.79. The number of allylic oxidation sites excluding steroid dienone is 2. The smallest absolute Gasteiger partial charge is 0.220 e. The summed E-state index contributed by atoms with van der Waals surface area (Å²) in [5.74, 6) is -3.51. The third kappa shape index (κ3) is 0.864. The van der Waals surface area contributed by atoms with Crippen LogP contribution in [0.15, 0.2) is 23.1 Å². The Morgan fingerprint density at radius 1 is 0.778 bits per heavy atom. The molecule has 0 nitrogen and oxygen atoms in total. The van der Waals surface area contributed by atoms with Crippen LogP contribution in [-0.2, 0) is 0 Å². The van der Waals surface area contributed by atoms with Crippen LogP contribution in [0.5, 0.6) is 0 Å². The van der Waals surface area contributed by atoms with Crippen molar-refractivity contribution in [2.45, 2.75) is 0 Å². The van der Waals surface area contributed by atoms with Crippen LogP contribution in [0.1, 0.15) is 0 Å². The Labute approximate surface area is 49.1 Å². The van der Waals surface area contributed by atoms with E-state index in [2.05, 4.69) is 0 Å². The molecule has 1 aliphatic rings. The summed E-state index contributed by atoms with van der Waals surface area (Å²) in [6, 6.07) is 0. The molecule has 0 saturated heterocycles. The Hall–Kier alpha value is -0.735. The first-order valence-electron chi connectivity index (χ1n) is 2.08. The maximum atomic E-state index is 11.8. The minimum Gasteiger partial charge on any atom is -0.220 e. The van der Waals surface area contributed by atoms with E-state index in [0.29, 0.717) is 0 Å². The lowest BCUT2D eigenvalue weighted by molar-refractivity contribution is 0.501. The van der Waals surface area contributed by atoms with Crippen molar-refractivity contribution in [1.82, 2.24) is 0 Å². The average Bonchev–Trinajstić information content (AvgIpc) is 1.98. The number of hydrogen-bond acceptors (Lipinski definition) is 0. The van der Waals surface area contributed by atoms with Crippen molar-refractivity contribution in [3.05, 3.63) is 23.1 Å². The van der Waals surface area contributed by atoms with E-state index in [1.165, 1.54) is 0 Å². The van der Waals surface area contributed by atoms with E-state index in [-0.39, 0.29) is 7.28 Å². The summed E-state index contributed by atoms with van der Waals surface area (Å²) in [4.78, 5) is 0. The number of hydrogen-bond donors (Lipinski definition) is 0. The van der Waals surface area contributed by atoms with E-state index in [4.69, 9.17) is 0 Å². The van der Waals surface area contributed by atoms with Gasteiger partial charge in [0, 0.05) is 0 Å². The summed E-state index contributed by atoms with van der Waals surface area (Å²) in [7, 11) is 0.157. The van der Waals surface area contributed by atoms with Gasteiger partial charge >= 0.3 is 0 Å². The fourth-order valence-electron chi connectivity index (χ4n) is 0.448. The highest BCUT2D eigenvalue weighted by Crippen LogP contribution is 2.29. The molecule has 0 aliphatic carbocycles. The van der Waals surface area contributed by atoms with E-state index in [1.807, 2.05) is 0 Å². The Morgan fingerprint density at radius 2 is 1.11 bits per heavy atom. The van der Waals surface area contributed by atoms with Crippen molar-refractivity contribution < 1.29 is 17.6 Å². The predicted octanol–water partition coefficient (Wildman–Crippen LogP) is 1.92. The van der Waals surface area contributed by atoms with Crippen LogP contribution >= 0.6 is 0 Å². The Balaban J connectivity index is 2.97. The first kappa shape index (κ1) is 6.39. The standard InChI is InChI=1S/C4BF4/c6-1-2(7)4(9)5-3(1)8. The minimum absolute atomic E-state index is 0.157. The Morgan fingerprint density at radius 3 is 1.22 bits per heavy atom. The maximum Gasteiger partial charge on any atom is 0.278 e. The monoisotopic (exact) mass is 135 g/mol. The minimum atomic E-state index is -1.76. The zero-order chi connectivity index (χ0) is 7.02. The largest absolute Gasteiger partial charge is 0.278 e. The molecule has 0 bridgehead atoms. The van der Waals surface area contributed by atoms with Gasteiger partial charge in [-0.2, -0.15) is 0 Å². The SMILES string of the molecule is FC1=C(F)C(F)=C(F)[B]1. The van der Waals surface area contributed by atoms with Crippen LogP contribution in [0, 0.1) is 0 Å². The molecule has 0 N–H and O–H groups in total. The summed E-state index contributed by atoms with van der Waals surface area (Å²) in [6.45, 7) is 0. The molecule has 9 heavy (non-hydrogen) atoms. The van der Waals surface area contributed by atoms with Crippen LogP contribution in [0.3, 0.4) is 0 Å². The van der Waals surface area contributed by atoms with Crippen molar-refractivity contribution in [2.24, 2.45) is 0 Å². The molecule has 0 fully saturated rings. The normalized spacial score (nSPS) is 19.1. The molecule has 1 radical (unpaired) electrons. The molecule has 1 aliphatic heterocycles. The zero-order valence-corrected chi connectivity index (χ0v) is 4.09. The highest BCUT2D eigenvalue weighted by atomic mass is 19.2. The molecule has 5 heteroatoms. The van der Waals surface area contributed by atoms with E-state index < -0.39 is 23.1 Å². The predicted molar refractivity (Wildman–Crippen MR) is 24.2 cm³/mol. The second kappa shape index (κ2) is 1.90. The molecule has 0 amide bonds. The third-order valence-corrected chi connectivity index (χ3v) is 0.866. The fraction of sp³-hybridized carbons (Fsp3) is 0. The van der Waals surface area contributed by atoms with E-state index in [1.54, 1.807) is 0 Å². The molecule has 0 aromatic heterocycles. The summed E-state index contributed by atoms with van der Waals surface area (Å²) in [5.41, 5.74) is -2.99. The summed E-state index contributed by atoms with van der Waals surface area (Å²) < 4.78 is 47.0. The first-order valence-corrected chi connectivity index (χ1v) is 2.08. The molecule has 0 saturated carbocycles. The molecular weight excluding hydrogens is 135 g/mol. The van der Waals surface area contributed by atoms with Crippen molar-refractivity contribution in [3.63, 3.8) is 0 Å². The fourth-order valence-corrected chi connectivity index (χ4v) is 0.448. The maximum absolute atomic E-state index is 11.8. The Kier molecular flexibility index (Phi) is 1.34. The molecule has 0 aromatic rings. The van der Waals surface area contributed by atoms with Gasteiger partial charge in [-0.25, -0.2) is 17.6 Å². The average molecular weight is 135 g/mol. The van der Waals surface area contributed by atoms with Crippen LogP contribution in [0.4, 0.5) is 17.6 Å². The van der Waals surface area contributed by atoms with Crippen LogP contribution < -0.4 is 0 Å². The molecule has 1 heterocycles. The summed E-state index contributed by atoms with van der Waals surface area (Å²) >= 11 is 0. The highest BCUT2D eigenvalue weighted by molar-refractivity contribution is 6.54. The van der Waals surface area contributed by atoms with Gasteiger partial charge in [0.15, 0.2) is 11.7 Å². The molecule has 47 valence electrons. The van der Waals surface area contributed by atoms with Gasteiger partial charge in [-0.3, -0.25) is 0 Å². The van der Waals surface area contributed by atoms with Crippen molar-refractivity contribution >= 4 is 7.28 Å². The quantitative estimate of drug-likeness (QED) is 0.351. The van der Waals surface area contributed by atoms with Gasteiger partial charge in [0.2, 0.25) is 0 Å². The molecule has 0 atom stereocenters. The lowest BCUT2D eigenvalue weighted by Crippen LogP contribution is -1.85. The van der Waals surface area contributed by atoms with Gasteiger partial charge in [-0.15, -0.1) is 0 Å². The van der Waals surface area contributed by atoms with Gasteiger partial charge in [0.1, 0.15) is 11.5 Å². The number of rotatable bonds is 0. The van der Waals surface area contributed by atoms with Crippen molar-refractivity contribution in [2.75, 3.05) is 0 Å². The van der Waals surface area contributed by atoms with Gasteiger partial charge < -0.3 is 0 Å². The van der Waals surface area contributed by atoms with Crippen molar-refractivity contribution in [1.29, 1.82) is 0 Å². The second-order valence-corrected chi connectivity index (χ2v) is 1.47. The van der Waals surface area contributed by atoms with Crippen LogP contribution in [0.2, 0.25) is 0 Å². The van der Waals surface area contributed by atoms with Crippen LogP contribution in [-0.4, -0.2) is 7.28 Å². The molecule has 0 aromatic carbocycles. The van der Waals surface area contributed by atoms with Gasteiger partial charge in [-0.05, 0) is 0 Å². The Bertz CT molecular complexity index is 183. The summed E-state index contributed by atoms with van der Waals surface area (Å²) in [6.07, 6.45) is 0. The summed E-state index contributed by atoms with van der Waals surface area (Å²) in [5, 5.41) is 0. The third-order valence-electron chi connectivity index (χ3n) is 0.866.